The van der Waals surface area contributed by atoms with Crippen molar-refractivity contribution >= 4 is 17.3 Å². The molecule has 0 fully saturated rings. The molecule has 0 amide bonds. The molecule has 0 saturated heterocycles. The lowest BCUT2D eigenvalue weighted by molar-refractivity contribution is -0.144. The number of aromatic nitrogens is 1. The molecule has 1 heterocycles. The Morgan fingerprint density at radius 1 is 1.04 bits per heavy atom. The van der Waals surface area contributed by atoms with Crippen LogP contribution < -0.4 is 9.47 Å². The number of aryl methyl sites for hydroxylation is 1. The molecule has 27 heavy (non-hydrogen) atoms. The lowest BCUT2D eigenvalue weighted by Crippen LogP contribution is -2.07. The van der Waals surface area contributed by atoms with Crippen molar-refractivity contribution in [1.82, 2.24) is 4.98 Å². The van der Waals surface area contributed by atoms with Crippen molar-refractivity contribution in [2.75, 3.05) is 14.2 Å². The lowest BCUT2D eigenvalue weighted by Gasteiger charge is -2.06. The first-order chi connectivity index (χ1) is 13.1. The second-order valence-corrected chi connectivity index (χ2v) is 7.00. The van der Waals surface area contributed by atoms with Gasteiger partial charge in [-0.2, -0.15) is 0 Å². The fraction of sp³-hybridized carbons (Fsp3) is 0.238. The maximum absolute atomic E-state index is 12.2. The van der Waals surface area contributed by atoms with Crippen LogP contribution in [0.3, 0.4) is 0 Å². The van der Waals surface area contributed by atoms with E-state index < -0.39 is 0 Å². The highest BCUT2D eigenvalue weighted by Gasteiger charge is 2.16. The number of hydrogen-bond donors (Lipinski definition) is 0. The van der Waals surface area contributed by atoms with Crippen LogP contribution in [0.4, 0.5) is 0 Å². The number of carbonyl (C=O) groups excluding carboxylic acids is 1. The van der Waals surface area contributed by atoms with Crippen molar-refractivity contribution in [1.29, 1.82) is 0 Å². The molecule has 0 bridgehead atoms. The van der Waals surface area contributed by atoms with E-state index in [1.54, 1.807) is 14.2 Å². The Morgan fingerprint density at radius 3 is 2.48 bits per heavy atom. The predicted octanol–water partition coefficient (Wildman–Crippen LogP) is 4.42. The Hall–Kier alpha value is -2.86. The van der Waals surface area contributed by atoms with E-state index >= 15 is 0 Å². The van der Waals surface area contributed by atoms with Crippen LogP contribution in [0.2, 0.25) is 0 Å². The summed E-state index contributed by atoms with van der Waals surface area (Å²) in [5.74, 6) is 1.26. The van der Waals surface area contributed by atoms with Crippen LogP contribution >= 0.6 is 11.3 Å². The van der Waals surface area contributed by atoms with Gasteiger partial charge in [0.05, 0.1) is 31.9 Å². The summed E-state index contributed by atoms with van der Waals surface area (Å²) in [5, 5.41) is 0.836. The summed E-state index contributed by atoms with van der Waals surface area (Å²) in [7, 11) is 3.25. The Labute approximate surface area is 162 Å². The van der Waals surface area contributed by atoms with Crippen LogP contribution in [-0.4, -0.2) is 25.2 Å². The SMILES string of the molecule is COc1ccc(COC(=O)Cc2sc(-c3ccccc3OC)nc2C)cc1. The number of para-hydroxylation sites is 1. The van der Waals surface area contributed by atoms with E-state index in [-0.39, 0.29) is 19.0 Å². The van der Waals surface area contributed by atoms with E-state index in [0.29, 0.717) is 0 Å². The summed E-state index contributed by atoms with van der Waals surface area (Å²) in [4.78, 5) is 17.7. The van der Waals surface area contributed by atoms with Gasteiger partial charge in [0.25, 0.3) is 0 Å². The zero-order valence-corrected chi connectivity index (χ0v) is 16.3. The van der Waals surface area contributed by atoms with Crippen molar-refractivity contribution in [3.05, 3.63) is 64.7 Å². The molecule has 0 unspecified atom stereocenters. The van der Waals surface area contributed by atoms with E-state index in [1.807, 2.05) is 55.5 Å². The first-order valence-corrected chi connectivity index (χ1v) is 9.30. The molecule has 0 radical (unpaired) electrons. The van der Waals surface area contributed by atoms with Gasteiger partial charge in [0.2, 0.25) is 0 Å². The fourth-order valence-corrected chi connectivity index (χ4v) is 3.67. The summed E-state index contributed by atoms with van der Waals surface area (Å²) < 4.78 is 15.9. The van der Waals surface area contributed by atoms with Crippen molar-refractivity contribution in [2.24, 2.45) is 0 Å². The summed E-state index contributed by atoms with van der Waals surface area (Å²) in [6.07, 6.45) is 0.203. The molecule has 0 spiro atoms. The van der Waals surface area contributed by atoms with Gasteiger partial charge in [0.15, 0.2) is 0 Å². The van der Waals surface area contributed by atoms with Gasteiger partial charge in [-0.15, -0.1) is 11.3 Å². The van der Waals surface area contributed by atoms with Gasteiger partial charge in [-0.3, -0.25) is 4.79 Å². The van der Waals surface area contributed by atoms with Gasteiger partial charge in [-0.05, 0) is 36.8 Å². The Bertz CT molecular complexity index is 918. The molecule has 0 atom stereocenters. The average molecular weight is 383 g/mol. The van der Waals surface area contributed by atoms with Crippen molar-refractivity contribution in [3.63, 3.8) is 0 Å². The van der Waals surface area contributed by atoms with Crippen molar-refractivity contribution < 1.29 is 19.0 Å². The lowest BCUT2D eigenvalue weighted by atomic mass is 10.2. The topological polar surface area (TPSA) is 57.7 Å². The monoisotopic (exact) mass is 383 g/mol. The summed E-state index contributed by atoms with van der Waals surface area (Å²) in [5.41, 5.74) is 2.67. The maximum Gasteiger partial charge on any atom is 0.311 e. The summed E-state index contributed by atoms with van der Waals surface area (Å²) in [6.45, 7) is 2.14. The summed E-state index contributed by atoms with van der Waals surface area (Å²) in [6, 6.07) is 15.2. The highest BCUT2D eigenvalue weighted by Crippen LogP contribution is 2.34. The first-order valence-electron chi connectivity index (χ1n) is 8.49. The van der Waals surface area contributed by atoms with Crippen LogP contribution in [0.25, 0.3) is 10.6 Å². The number of ether oxygens (including phenoxy) is 3. The normalized spacial score (nSPS) is 10.5. The highest BCUT2D eigenvalue weighted by molar-refractivity contribution is 7.15. The standard InChI is InChI=1S/C21H21NO4S/c1-14-19(27-21(22-14)17-6-4-5-7-18(17)25-3)12-20(23)26-13-15-8-10-16(24-2)11-9-15/h4-11H,12-13H2,1-3H3. The highest BCUT2D eigenvalue weighted by atomic mass is 32.1. The van der Waals surface area contributed by atoms with Gasteiger partial charge in [0.1, 0.15) is 23.1 Å². The molecule has 140 valence electrons. The van der Waals surface area contributed by atoms with Crippen LogP contribution in [0, 0.1) is 6.92 Å². The molecule has 1 aromatic heterocycles. The second kappa shape index (κ2) is 8.68. The summed E-state index contributed by atoms with van der Waals surface area (Å²) >= 11 is 1.49. The molecule has 0 aliphatic carbocycles. The second-order valence-electron chi connectivity index (χ2n) is 5.91. The zero-order valence-electron chi connectivity index (χ0n) is 15.5. The van der Waals surface area contributed by atoms with E-state index in [2.05, 4.69) is 4.98 Å². The number of methoxy groups -OCH3 is 2. The number of benzene rings is 2. The van der Waals surface area contributed by atoms with Crippen LogP contribution in [-0.2, 0) is 22.6 Å². The molecule has 5 nitrogen and oxygen atoms in total. The van der Waals surface area contributed by atoms with Gasteiger partial charge in [-0.1, -0.05) is 24.3 Å². The number of thiazole rings is 1. The van der Waals surface area contributed by atoms with Crippen molar-refractivity contribution in [2.45, 2.75) is 20.0 Å². The quantitative estimate of drug-likeness (QED) is 0.565. The number of hydrogen-bond acceptors (Lipinski definition) is 6. The molecule has 3 aromatic rings. The zero-order chi connectivity index (χ0) is 19.2. The molecule has 2 aromatic carbocycles. The van der Waals surface area contributed by atoms with E-state index in [9.17, 15) is 4.79 Å². The minimum absolute atomic E-state index is 0.203. The smallest absolute Gasteiger partial charge is 0.311 e. The number of esters is 1. The molecule has 0 aliphatic heterocycles. The molecule has 6 heteroatoms. The molecule has 0 N–H and O–H groups in total. The molecular weight excluding hydrogens is 362 g/mol. The fourth-order valence-electron chi connectivity index (χ4n) is 2.60. The van der Waals surface area contributed by atoms with Crippen LogP contribution in [0.1, 0.15) is 16.1 Å². The Balaban J connectivity index is 1.65. The molecule has 3 rings (SSSR count). The average Bonchev–Trinajstić information content (AvgIpc) is 3.06. The van der Waals surface area contributed by atoms with Gasteiger partial charge >= 0.3 is 5.97 Å². The van der Waals surface area contributed by atoms with Crippen LogP contribution in [0.15, 0.2) is 48.5 Å². The third kappa shape index (κ3) is 4.65. The molecule has 0 aliphatic rings. The van der Waals surface area contributed by atoms with E-state index in [0.717, 1.165) is 38.2 Å². The maximum atomic E-state index is 12.2. The largest absolute Gasteiger partial charge is 0.497 e. The molecule has 0 saturated carbocycles. The van der Waals surface area contributed by atoms with E-state index in [1.165, 1.54) is 11.3 Å². The number of carbonyl (C=O) groups is 1. The Morgan fingerprint density at radius 2 is 1.78 bits per heavy atom. The third-order valence-electron chi connectivity index (χ3n) is 4.09. The van der Waals surface area contributed by atoms with Crippen LogP contribution in [0.5, 0.6) is 11.5 Å². The number of nitrogens with zero attached hydrogens (tertiary/aromatic N) is 1. The predicted molar refractivity (Wildman–Crippen MR) is 105 cm³/mol. The minimum atomic E-state index is -0.274. The Kier molecular flexibility index (Phi) is 6.08. The van der Waals surface area contributed by atoms with Gasteiger partial charge < -0.3 is 14.2 Å². The number of rotatable bonds is 7. The van der Waals surface area contributed by atoms with Crippen molar-refractivity contribution in [3.8, 4) is 22.1 Å². The third-order valence-corrected chi connectivity index (χ3v) is 5.28. The van der Waals surface area contributed by atoms with E-state index in [4.69, 9.17) is 14.2 Å². The minimum Gasteiger partial charge on any atom is -0.497 e. The van der Waals surface area contributed by atoms with Gasteiger partial charge in [0, 0.05) is 4.88 Å². The van der Waals surface area contributed by atoms with Gasteiger partial charge in [-0.25, -0.2) is 4.98 Å². The molecular formula is C21H21NO4S. The first kappa shape index (κ1) is 18.9.